The zero-order chi connectivity index (χ0) is 14.5. The van der Waals surface area contributed by atoms with E-state index in [-0.39, 0.29) is 5.41 Å². The number of nitrogens with zero attached hydrogens (tertiary/aromatic N) is 3. The molecule has 0 bridgehead atoms. The van der Waals surface area contributed by atoms with E-state index in [9.17, 15) is 0 Å². The fourth-order valence-electron chi connectivity index (χ4n) is 1.93. The van der Waals surface area contributed by atoms with E-state index in [0.29, 0.717) is 6.04 Å². The van der Waals surface area contributed by atoms with Crippen molar-refractivity contribution in [2.45, 2.75) is 46.6 Å². The molecule has 4 nitrogen and oxygen atoms in total. The van der Waals surface area contributed by atoms with Gasteiger partial charge in [-0.05, 0) is 24.4 Å². The lowest BCUT2D eigenvalue weighted by Gasteiger charge is -2.31. The Morgan fingerprint density at radius 2 is 2.00 bits per heavy atom. The highest BCUT2D eigenvalue weighted by atomic mass is 15.2. The number of aromatic nitrogens is 2. The predicted octanol–water partition coefficient (Wildman–Crippen LogP) is 2.50. The standard InChI is InChI=1S/C15H28N4/c1-7-9-16-13(15(2,3)4)11-12-8-10-17-14(18-12)19(5)6/h8,10,13,16H,7,9,11H2,1-6H3. The summed E-state index contributed by atoms with van der Waals surface area (Å²) in [5.74, 6) is 0.778. The van der Waals surface area contributed by atoms with Crippen molar-refractivity contribution in [2.24, 2.45) is 5.41 Å². The van der Waals surface area contributed by atoms with Crippen molar-refractivity contribution in [2.75, 3.05) is 25.5 Å². The van der Waals surface area contributed by atoms with Crippen LogP contribution < -0.4 is 10.2 Å². The molecule has 1 heterocycles. The van der Waals surface area contributed by atoms with Crippen LogP contribution in [0.1, 0.15) is 39.8 Å². The lowest BCUT2D eigenvalue weighted by molar-refractivity contribution is 0.265. The Kier molecular flexibility index (Phi) is 5.73. The van der Waals surface area contributed by atoms with Gasteiger partial charge >= 0.3 is 0 Å². The zero-order valence-corrected chi connectivity index (χ0v) is 13.2. The maximum atomic E-state index is 4.61. The highest BCUT2D eigenvalue weighted by Gasteiger charge is 2.24. The molecule has 1 rings (SSSR count). The fourth-order valence-corrected chi connectivity index (χ4v) is 1.93. The molecule has 0 aliphatic rings. The Balaban J connectivity index is 2.81. The molecule has 1 unspecified atom stereocenters. The van der Waals surface area contributed by atoms with E-state index in [4.69, 9.17) is 0 Å². The van der Waals surface area contributed by atoms with Crippen LogP contribution in [-0.4, -0.2) is 36.6 Å². The summed E-state index contributed by atoms with van der Waals surface area (Å²) in [4.78, 5) is 10.8. The molecule has 0 fully saturated rings. The van der Waals surface area contributed by atoms with E-state index >= 15 is 0 Å². The van der Waals surface area contributed by atoms with Crippen LogP contribution in [0.5, 0.6) is 0 Å². The molecule has 0 amide bonds. The highest BCUT2D eigenvalue weighted by Crippen LogP contribution is 2.22. The minimum absolute atomic E-state index is 0.221. The van der Waals surface area contributed by atoms with Crippen LogP contribution in [0.15, 0.2) is 12.3 Å². The Morgan fingerprint density at radius 1 is 1.32 bits per heavy atom. The summed E-state index contributed by atoms with van der Waals surface area (Å²) in [6, 6.07) is 2.44. The van der Waals surface area contributed by atoms with Gasteiger partial charge in [0.15, 0.2) is 0 Å². The monoisotopic (exact) mass is 264 g/mol. The summed E-state index contributed by atoms with van der Waals surface area (Å²) in [7, 11) is 3.94. The van der Waals surface area contributed by atoms with Crippen molar-refractivity contribution in [1.82, 2.24) is 15.3 Å². The zero-order valence-electron chi connectivity index (χ0n) is 13.2. The average Bonchev–Trinajstić information content (AvgIpc) is 2.33. The van der Waals surface area contributed by atoms with E-state index in [0.717, 1.165) is 31.0 Å². The molecule has 108 valence electrons. The molecule has 1 aromatic rings. The maximum absolute atomic E-state index is 4.61. The summed E-state index contributed by atoms with van der Waals surface area (Å²) < 4.78 is 0. The van der Waals surface area contributed by atoms with Crippen molar-refractivity contribution in [3.63, 3.8) is 0 Å². The van der Waals surface area contributed by atoms with Crippen LogP contribution in [0.3, 0.4) is 0 Å². The van der Waals surface area contributed by atoms with Gasteiger partial charge in [-0.15, -0.1) is 0 Å². The van der Waals surface area contributed by atoms with Crippen molar-refractivity contribution < 1.29 is 0 Å². The number of hydrogen-bond donors (Lipinski definition) is 1. The van der Waals surface area contributed by atoms with Gasteiger partial charge in [0.2, 0.25) is 5.95 Å². The van der Waals surface area contributed by atoms with Gasteiger partial charge in [-0.2, -0.15) is 0 Å². The minimum atomic E-state index is 0.221. The van der Waals surface area contributed by atoms with Gasteiger partial charge < -0.3 is 10.2 Å². The molecule has 0 aliphatic heterocycles. The third-order valence-electron chi connectivity index (χ3n) is 3.20. The molecule has 0 radical (unpaired) electrons. The molecule has 19 heavy (non-hydrogen) atoms. The van der Waals surface area contributed by atoms with Gasteiger partial charge in [-0.25, -0.2) is 9.97 Å². The Bertz CT molecular complexity index is 382. The normalized spacial score (nSPS) is 13.4. The molecule has 1 atom stereocenters. The van der Waals surface area contributed by atoms with Gasteiger partial charge in [-0.1, -0.05) is 27.7 Å². The predicted molar refractivity (Wildman–Crippen MR) is 81.6 cm³/mol. The first-order valence-electron chi connectivity index (χ1n) is 7.07. The van der Waals surface area contributed by atoms with Gasteiger partial charge in [0.25, 0.3) is 0 Å². The van der Waals surface area contributed by atoms with Crippen LogP contribution in [0, 0.1) is 5.41 Å². The topological polar surface area (TPSA) is 41.1 Å². The number of anilines is 1. The number of nitrogens with one attached hydrogen (secondary N) is 1. The van der Waals surface area contributed by atoms with Crippen LogP contribution in [0.4, 0.5) is 5.95 Å². The summed E-state index contributed by atoms with van der Waals surface area (Å²) in [6.07, 6.45) is 3.93. The summed E-state index contributed by atoms with van der Waals surface area (Å²) in [5.41, 5.74) is 1.32. The molecular weight excluding hydrogens is 236 g/mol. The van der Waals surface area contributed by atoms with Crippen molar-refractivity contribution in [3.05, 3.63) is 18.0 Å². The Morgan fingerprint density at radius 3 is 2.53 bits per heavy atom. The lowest BCUT2D eigenvalue weighted by atomic mass is 9.84. The molecular formula is C15H28N4. The maximum Gasteiger partial charge on any atom is 0.224 e. The quantitative estimate of drug-likeness (QED) is 0.857. The first-order chi connectivity index (χ1) is 8.84. The molecule has 0 saturated heterocycles. The number of rotatable bonds is 6. The molecule has 0 aliphatic carbocycles. The van der Waals surface area contributed by atoms with E-state index in [2.05, 4.69) is 43.0 Å². The number of hydrogen-bond acceptors (Lipinski definition) is 4. The minimum Gasteiger partial charge on any atom is -0.347 e. The second-order valence-electron chi connectivity index (χ2n) is 6.32. The van der Waals surface area contributed by atoms with Gasteiger partial charge in [0.1, 0.15) is 0 Å². The molecule has 0 spiro atoms. The summed E-state index contributed by atoms with van der Waals surface area (Å²) >= 11 is 0. The van der Waals surface area contributed by atoms with E-state index in [1.807, 2.05) is 31.3 Å². The van der Waals surface area contributed by atoms with Crippen LogP contribution in [-0.2, 0) is 6.42 Å². The largest absolute Gasteiger partial charge is 0.347 e. The van der Waals surface area contributed by atoms with Crippen LogP contribution in [0.2, 0.25) is 0 Å². The molecule has 4 heteroatoms. The highest BCUT2D eigenvalue weighted by molar-refractivity contribution is 5.27. The summed E-state index contributed by atoms with van der Waals surface area (Å²) in [5, 5.41) is 3.63. The molecule has 1 aromatic heterocycles. The summed E-state index contributed by atoms with van der Waals surface area (Å²) in [6.45, 7) is 10.1. The second-order valence-corrected chi connectivity index (χ2v) is 6.32. The first kappa shape index (κ1) is 15.9. The van der Waals surface area contributed by atoms with Crippen molar-refractivity contribution in [1.29, 1.82) is 0 Å². The third kappa shape index (κ3) is 5.15. The second kappa shape index (κ2) is 6.85. The van der Waals surface area contributed by atoms with E-state index < -0.39 is 0 Å². The van der Waals surface area contributed by atoms with Crippen molar-refractivity contribution >= 4 is 5.95 Å². The molecule has 0 saturated carbocycles. The first-order valence-corrected chi connectivity index (χ1v) is 7.07. The van der Waals surface area contributed by atoms with E-state index in [1.165, 1.54) is 0 Å². The van der Waals surface area contributed by atoms with Gasteiger partial charge in [0, 0.05) is 38.4 Å². The van der Waals surface area contributed by atoms with Gasteiger partial charge in [-0.3, -0.25) is 0 Å². The van der Waals surface area contributed by atoms with Gasteiger partial charge in [0.05, 0.1) is 0 Å². The van der Waals surface area contributed by atoms with Crippen LogP contribution >= 0.6 is 0 Å². The fraction of sp³-hybridized carbons (Fsp3) is 0.733. The SMILES string of the molecule is CCCNC(Cc1ccnc(N(C)C)n1)C(C)(C)C. The third-order valence-corrected chi connectivity index (χ3v) is 3.20. The van der Waals surface area contributed by atoms with Crippen LogP contribution in [0.25, 0.3) is 0 Å². The Hall–Kier alpha value is -1.16. The Labute approximate surface area is 117 Å². The molecule has 1 N–H and O–H groups in total. The van der Waals surface area contributed by atoms with Crippen molar-refractivity contribution in [3.8, 4) is 0 Å². The smallest absolute Gasteiger partial charge is 0.224 e. The average molecular weight is 264 g/mol. The van der Waals surface area contributed by atoms with E-state index in [1.54, 1.807) is 0 Å². The molecule has 0 aromatic carbocycles. The lowest BCUT2D eigenvalue weighted by Crippen LogP contribution is -2.42.